The summed E-state index contributed by atoms with van der Waals surface area (Å²) in [4.78, 5) is 13.3. The van der Waals surface area contributed by atoms with Crippen molar-refractivity contribution < 1.29 is 0 Å². The number of nitrogens with zero attached hydrogens (tertiary/aromatic N) is 2. The molecule has 0 radical (unpaired) electrons. The van der Waals surface area contributed by atoms with E-state index in [-0.39, 0.29) is 0 Å². The summed E-state index contributed by atoms with van der Waals surface area (Å²) < 4.78 is 0. The van der Waals surface area contributed by atoms with Gasteiger partial charge in [-0.05, 0) is 12.8 Å². The van der Waals surface area contributed by atoms with Crippen molar-refractivity contribution in [2.45, 2.75) is 39.5 Å². The Bertz CT molecular complexity index is 445. The van der Waals surface area contributed by atoms with Gasteiger partial charge in [0.1, 0.15) is 0 Å². The van der Waals surface area contributed by atoms with E-state index in [0.29, 0.717) is 5.92 Å². The maximum Gasteiger partial charge on any atom is 0.0928 e. The first-order chi connectivity index (χ1) is 7.76. The molecule has 2 aromatic rings. The second-order valence-electron chi connectivity index (χ2n) is 3.85. The molecule has 1 atom stereocenters. The third kappa shape index (κ3) is 2.02. The Morgan fingerprint density at radius 1 is 1.38 bits per heavy atom. The molecule has 86 valence electrons. The van der Waals surface area contributed by atoms with Gasteiger partial charge in [-0.25, -0.2) is 9.97 Å². The molecule has 3 nitrogen and oxygen atoms in total. The summed E-state index contributed by atoms with van der Waals surface area (Å²) in [5.74, 6) is 0.371. The molecular weight excluding hydrogens is 218 g/mol. The van der Waals surface area contributed by atoms with Gasteiger partial charge < -0.3 is 4.98 Å². The van der Waals surface area contributed by atoms with Crippen molar-refractivity contribution in [3.8, 4) is 0 Å². The van der Waals surface area contributed by atoms with E-state index in [0.717, 1.165) is 12.8 Å². The third-order valence-corrected chi connectivity index (χ3v) is 4.21. The highest BCUT2D eigenvalue weighted by Gasteiger charge is 2.17. The fourth-order valence-electron chi connectivity index (χ4n) is 1.80. The lowest BCUT2D eigenvalue weighted by Gasteiger charge is -2.07. The zero-order chi connectivity index (χ0) is 11.5. The number of rotatable bonds is 4. The van der Waals surface area contributed by atoms with Crippen LogP contribution in [0.2, 0.25) is 0 Å². The summed E-state index contributed by atoms with van der Waals surface area (Å²) >= 11 is 1.83. The maximum atomic E-state index is 4.66. The Hall–Kier alpha value is -1.16. The molecule has 0 aliphatic heterocycles. The van der Waals surface area contributed by atoms with E-state index < -0.39 is 0 Å². The largest absolute Gasteiger partial charge is 0.348 e. The molecule has 0 amide bonds. The number of hydrogen-bond donors (Lipinski definition) is 1. The number of aryl methyl sites for hydroxylation is 2. The number of nitrogens with one attached hydrogen (secondary N) is 1. The second kappa shape index (κ2) is 4.78. The lowest BCUT2D eigenvalue weighted by molar-refractivity contribution is 0.867. The average Bonchev–Trinajstić information content (AvgIpc) is 2.96. The van der Waals surface area contributed by atoms with E-state index in [1.54, 1.807) is 6.33 Å². The fourth-order valence-corrected chi connectivity index (χ4v) is 2.97. The minimum atomic E-state index is 0.371. The van der Waals surface area contributed by atoms with Gasteiger partial charge in [0.2, 0.25) is 0 Å². The van der Waals surface area contributed by atoms with Crippen LogP contribution < -0.4 is 0 Å². The van der Waals surface area contributed by atoms with E-state index in [9.17, 15) is 0 Å². The summed E-state index contributed by atoms with van der Waals surface area (Å²) in [6.45, 7) is 6.53. The number of thiazole rings is 1. The molecule has 4 heteroatoms. The molecule has 1 unspecified atom stereocenters. The summed E-state index contributed by atoms with van der Waals surface area (Å²) in [5, 5.41) is 1.23. The van der Waals surface area contributed by atoms with E-state index in [1.165, 1.54) is 21.3 Å². The normalized spacial score (nSPS) is 12.9. The van der Waals surface area contributed by atoms with Crippen molar-refractivity contribution in [2.75, 3.05) is 0 Å². The van der Waals surface area contributed by atoms with Crippen molar-refractivity contribution in [2.24, 2.45) is 0 Å². The van der Waals surface area contributed by atoms with Gasteiger partial charge in [0, 0.05) is 22.7 Å². The van der Waals surface area contributed by atoms with Gasteiger partial charge in [-0.1, -0.05) is 20.8 Å². The molecular formula is C12H17N3S. The first-order valence-corrected chi connectivity index (χ1v) is 6.54. The minimum absolute atomic E-state index is 0.371. The Balaban J connectivity index is 2.35. The fraction of sp³-hybridized carbons (Fsp3) is 0.500. The summed E-state index contributed by atoms with van der Waals surface area (Å²) in [5.41, 5.74) is 2.41. The monoisotopic (exact) mass is 235 g/mol. The predicted molar refractivity (Wildman–Crippen MR) is 67.0 cm³/mol. The molecule has 2 aromatic heterocycles. The van der Waals surface area contributed by atoms with Crippen molar-refractivity contribution in [3.63, 3.8) is 0 Å². The third-order valence-electron chi connectivity index (χ3n) is 2.79. The number of H-pyrrole nitrogens is 1. The topological polar surface area (TPSA) is 41.6 Å². The van der Waals surface area contributed by atoms with Gasteiger partial charge >= 0.3 is 0 Å². The zero-order valence-electron chi connectivity index (χ0n) is 9.95. The van der Waals surface area contributed by atoms with Gasteiger partial charge in [0.15, 0.2) is 0 Å². The average molecular weight is 235 g/mol. The number of hydrogen-bond acceptors (Lipinski definition) is 3. The maximum absolute atomic E-state index is 4.66. The van der Waals surface area contributed by atoms with E-state index in [1.807, 2.05) is 17.5 Å². The molecule has 0 spiro atoms. The van der Waals surface area contributed by atoms with Crippen LogP contribution in [0.25, 0.3) is 0 Å². The number of aromatic nitrogens is 3. The molecule has 0 aromatic carbocycles. The van der Waals surface area contributed by atoms with Crippen molar-refractivity contribution >= 4 is 11.3 Å². The summed E-state index contributed by atoms with van der Waals surface area (Å²) in [7, 11) is 0. The molecule has 1 N–H and O–H groups in total. The second-order valence-corrected chi connectivity index (χ2v) is 4.97. The Morgan fingerprint density at radius 2 is 2.19 bits per heavy atom. The summed E-state index contributed by atoms with van der Waals surface area (Å²) in [6.07, 6.45) is 5.66. The van der Waals surface area contributed by atoms with Crippen molar-refractivity contribution in [1.29, 1.82) is 0 Å². The van der Waals surface area contributed by atoms with Crippen molar-refractivity contribution in [3.05, 3.63) is 33.8 Å². The van der Waals surface area contributed by atoms with Crippen LogP contribution in [-0.2, 0) is 12.8 Å². The Morgan fingerprint density at radius 3 is 2.75 bits per heavy atom. The first kappa shape index (κ1) is 11.3. The molecule has 0 fully saturated rings. The van der Waals surface area contributed by atoms with Crippen molar-refractivity contribution in [1.82, 2.24) is 15.0 Å². The predicted octanol–water partition coefficient (Wildman–Crippen LogP) is 3.14. The highest BCUT2D eigenvalue weighted by Crippen LogP contribution is 2.31. The van der Waals surface area contributed by atoms with Gasteiger partial charge in [-0.2, -0.15) is 0 Å². The molecule has 0 saturated carbocycles. The van der Waals surface area contributed by atoms with E-state index in [2.05, 4.69) is 35.7 Å². The zero-order valence-corrected chi connectivity index (χ0v) is 10.8. The lowest BCUT2D eigenvalue weighted by Crippen LogP contribution is -1.97. The Kier molecular flexibility index (Phi) is 3.39. The van der Waals surface area contributed by atoms with Gasteiger partial charge in [0.25, 0.3) is 0 Å². The number of aromatic amines is 1. The van der Waals surface area contributed by atoms with Gasteiger partial charge in [-0.15, -0.1) is 11.3 Å². The number of imidazole rings is 1. The molecule has 0 bridgehead atoms. The standard InChI is InChI=1S/C12H17N3S/c1-4-9-12(16-11(5-2)15-9)8(3)10-6-13-7-14-10/h6-8H,4-5H2,1-3H3,(H,13,14). The quantitative estimate of drug-likeness (QED) is 0.884. The lowest BCUT2D eigenvalue weighted by atomic mass is 10.0. The van der Waals surface area contributed by atoms with Crippen LogP contribution in [0.3, 0.4) is 0 Å². The smallest absolute Gasteiger partial charge is 0.0928 e. The molecule has 16 heavy (non-hydrogen) atoms. The molecule has 0 aliphatic rings. The van der Waals surface area contributed by atoms with Gasteiger partial charge in [-0.3, -0.25) is 0 Å². The first-order valence-electron chi connectivity index (χ1n) is 5.73. The Labute approximate surface area is 100.0 Å². The molecule has 2 heterocycles. The summed E-state index contributed by atoms with van der Waals surface area (Å²) in [6, 6.07) is 0. The van der Waals surface area contributed by atoms with Crippen LogP contribution in [0, 0.1) is 0 Å². The van der Waals surface area contributed by atoms with Crippen LogP contribution >= 0.6 is 11.3 Å². The van der Waals surface area contributed by atoms with Crippen LogP contribution in [0.5, 0.6) is 0 Å². The minimum Gasteiger partial charge on any atom is -0.348 e. The molecule has 0 aliphatic carbocycles. The molecule has 0 saturated heterocycles. The van der Waals surface area contributed by atoms with Crippen LogP contribution in [0.1, 0.15) is 48.0 Å². The van der Waals surface area contributed by atoms with Crippen LogP contribution in [0.4, 0.5) is 0 Å². The van der Waals surface area contributed by atoms with Crippen LogP contribution in [-0.4, -0.2) is 15.0 Å². The van der Waals surface area contributed by atoms with E-state index >= 15 is 0 Å². The highest BCUT2D eigenvalue weighted by atomic mass is 32.1. The highest BCUT2D eigenvalue weighted by molar-refractivity contribution is 7.11. The van der Waals surface area contributed by atoms with Gasteiger partial charge in [0.05, 0.1) is 17.0 Å². The molecule has 2 rings (SSSR count). The van der Waals surface area contributed by atoms with E-state index in [4.69, 9.17) is 0 Å². The van der Waals surface area contributed by atoms with Crippen LogP contribution in [0.15, 0.2) is 12.5 Å². The SMILES string of the molecule is CCc1nc(CC)c(C(C)c2cnc[nH]2)s1.